The lowest BCUT2D eigenvalue weighted by Gasteiger charge is -2.08. The number of sulfone groups is 1. The second-order valence-electron chi connectivity index (χ2n) is 7.53. The topological polar surface area (TPSA) is 76.1 Å². The number of hydrogen-bond acceptors (Lipinski definition) is 5. The fraction of sp³-hybridized carbons (Fsp3) is 0.0769. The summed E-state index contributed by atoms with van der Waals surface area (Å²) in [5.74, 6) is -0.386. The number of aromatic nitrogens is 1. The first-order chi connectivity index (χ1) is 15.9. The van der Waals surface area contributed by atoms with E-state index in [1.807, 2.05) is 60.8 Å². The molecule has 0 aliphatic rings. The van der Waals surface area contributed by atoms with Gasteiger partial charge in [-0.3, -0.25) is 4.79 Å². The van der Waals surface area contributed by atoms with E-state index in [1.54, 1.807) is 36.5 Å². The van der Waals surface area contributed by atoms with Gasteiger partial charge < -0.3 is 5.32 Å². The van der Waals surface area contributed by atoms with E-state index in [9.17, 15) is 13.2 Å². The zero-order valence-corrected chi connectivity index (χ0v) is 19.6. The van der Waals surface area contributed by atoms with Crippen molar-refractivity contribution in [3.05, 3.63) is 107 Å². The highest BCUT2D eigenvalue weighted by Gasteiger charge is 2.16. The normalized spacial score (nSPS) is 11.5. The maximum Gasteiger partial charge on any atom is 0.248 e. The van der Waals surface area contributed by atoms with Crippen LogP contribution < -0.4 is 5.32 Å². The Morgan fingerprint density at radius 2 is 1.85 bits per heavy atom. The molecule has 0 fully saturated rings. The molecule has 0 saturated heterocycles. The molecular weight excluding hydrogens is 452 g/mol. The fourth-order valence-corrected chi connectivity index (χ4v) is 5.46. The SMILES string of the molecule is Cc1cccc(CS(=O)(=O)c2cccc(/C=C/C(=O)Nc3ccccc3-c3nccs3)c2)c1. The zero-order chi connectivity index (χ0) is 23.3. The molecule has 1 amide bonds. The van der Waals surface area contributed by atoms with Gasteiger partial charge in [0.2, 0.25) is 5.91 Å². The molecule has 7 heteroatoms. The molecule has 3 aromatic carbocycles. The molecule has 166 valence electrons. The Kier molecular flexibility index (Phi) is 6.82. The van der Waals surface area contributed by atoms with Crippen LogP contribution >= 0.6 is 11.3 Å². The van der Waals surface area contributed by atoms with Crippen molar-refractivity contribution in [2.24, 2.45) is 0 Å². The van der Waals surface area contributed by atoms with E-state index in [0.29, 0.717) is 11.3 Å². The largest absolute Gasteiger partial charge is 0.322 e. The Labute approximate surface area is 197 Å². The smallest absolute Gasteiger partial charge is 0.248 e. The molecule has 1 heterocycles. The van der Waals surface area contributed by atoms with Gasteiger partial charge in [0.15, 0.2) is 9.84 Å². The summed E-state index contributed by atoms with van der Waals surface area (Å²) >= 11 is 1.50. The standard InChI is InChI=1S/C26H22N2O3S2/c1-19-6-4-8-21(16-19)18-33(30,31)22-9-5-7-20(17-22)12-13-25(29)28-24-11-3-2-10-23(24)26-27-14-15-32-26/h2-17H,18H2,1H3,(H,28,29)/b13-12+. The van der Waals surface area contributed by atoms with Gasteiger partial charge >= 0.3 is 0 Å². The summed E-state index contributed by atoms with van der Waals surface area (Å²) in [6.45, 7) is 1.93. The monoisotopic (exact) mass is 474 g/mol. The minimum atomic E-state index is -3.51. The number of carbonyl (C=O) groups excluding carboxylic acids is 1. The van der Waals surface area contributed by atoms with Crippen molar-refractivity contribution in [2.45, 2.75) is 17.6 Å². The highest BCUT2D eigenvalue weighted by atomic mass is 32.2. The third-order valence-electron chi connectivity index (χ3n) is 4.93. The van der Waals surface area contributed by atoms with E-state index in [-0.39, 0.29) is 16.6 Å². The van der Waals surface area contributed by atoms with Crippen molar-refractivity contribution in [3.63, 3.8) is 0 Å². The molecule has 0 atom stereocenters. The lowest BCUT2D eigenvalue weighted by atomic mass is 10.2. The summed E-state index contributed by atoms with van der Waals surface area (Å²) in [7, 11) is -3.51. The first kappa shape index (κ1) is 22.6. The molecule has 0 aliphatic heterocycles. The number of nitrogens with zero attached hydrogens (tertiary/aromatic N) is 1. The maximum absolute atomic E-state index is 12.9. The Bertz CT molecular complexity index is 1410. The van der Waals surface area contributed by atoms with E-state index >= 15 is 0 Å². The number of amides is 1. The number of para-hydroxylation sites is 1. The van der Waals surface area contributed by atoms with Gasteiger partial charge in [-0.1, -0.05) is 54.1 Å². The molecule has 0 aliphatic carbocycles. The molecule has 1 aromatic heterocycles. The van der Waals surface area contributed by atoms with E-state index in [2.05, 4.69) is 10.3 Å². The molecule has 0 saturated carbocycles. The van der Waals surface area contributed by atoms with Crippen LogP contribution in [0.4, 0.5) is 5.69 Å². The van der Waals surface area contributed by atoms with Crippen LogP contribution in [0.2, 0.25) is 0 Å². The molecule has 0 spiro atoms. The van der Waals surface area contributed by atoms with Gasteiger partial charge in [-0.2, -0.15) is 0 Å². The predicted molar refractivity (Wildman–Crippen MR) is 134 cm³/mol. The fourth-order valence-electron chi connectivity index (χ4n) is 3.40. The molecular formula is C26H22N2O3S2. The molecule has 4 aromatic rings. The van der Waals surface area contributed by atoms with Crippen molar-refractivity contribution in [1.29, 1.82) is 0 Å². The number of hydrogen-bond donors (Lipinski definition) is 1. The average molecular weight is 475 g/mol. The molecule has 5 nitrogen and oxygen atoms in total. The van der Waals surface area contributed by atoms with Gasteiger partial charge in [0.1, 0.15) is 5.01 Å². The Morgan fingerprint density at radius 3 is 2.64 bits per heavy atom. The summed E-state index contributed by atoms with van der Waals surface area (Å²) in [6, 6.07) is 21.5. The zero-order valence-electron chi connectivity index (χ0n) is 17.9. The number of rotatable bonds is 7. The quantitative estimate of drug-likeness (QED) is 0.346. The van der Waals surface area contributed by atoms with Crippen LogP contribution in [0.3, 0.4) is 0 Å². The van der Waals surface area contributed by atoms with Gasteiger partial charge in [0.25, 0.3) is 0 Å². The lowest BCUT2D eigenvalue weighted by molar-refractivity contribution is -0.111. The first-order valence-electron chi connectivity index (χ1n) is 10.3. The lowest BCUT2D eigenvalue weighted by Crippen LogP contribution is -2.08. The Hall–Kier alpha value is -3.55. The third-order valence-corrected chi connectivity index (χ3v) is 7.42. The maximum atomic E-state index is 12.9. The molecule has 0 unspecified atom stereocenters. The number of carbonyl (C=O) groups is 1. The summed E-state index contributed by atoms with van der Waals surface area (Å²) in [5.41, 5.74) is 3.90. The number of aryl methyl sites for hydroxylation is 1. The Morgan fingerprint density at radius 1 is 1.03 bits per heavy atom. The van der Waals surface area contributed by atoms with Gasteiger partial charge in [-0.15, -0.1) is 11.3 Å². The van der Waals surface area contributed by atoms with Crippen molar-refractivity contribution >= 4 is 38.8 Å². The molecule has 0 radical (unpaired) electrons. The number of benzene rings is 3. The van der Waals surface area contributed by atoms with Gasteiger partial charge in [-0.05, 0) is 48.4 Å². The van der Waals surface area contributed by atoms with Gasteiger partial charge in [-0.25, -0.2) is 13.4 Å². The minimum Gasteiger partial charge on any atom is -0.322 e. The Balaban J connectivity index is 1.49. The van der Waals surface area contributed by atoms with E-state index in [0.717, 1.165) is 21.7 Å². The number of thiazole rings is 1. The summed E-state index contributed by atoms with van der Waals surface area (Å²) < 4.78 is 25.8. The molecule has 33 heavy (non-hydrogen) atoms. The van der Waals surface area contributed by atoms with E-state index in [4.69, 9.17) is 0 Å². The summed E-state index contributed by atoms with van der Waals surface area (Å²) in [6.07, 6.45) is 4.72. The molecule has 4 rings (SSSR count). The van der Waals surface area contributed by atoms with Crippen LogP contribution in [0.15, 0.2) is 95.3 Å². The van der Waals surface area contributed by atoms with Crippen molar-refractivity contribution < 1.29 is 13.2 Å². The van der Waals surface area contributed by atoms with Gasteiger partial charge in [0, 0.05) is 23.2 Å². The second-order valence-corrected chi connectivity index (χ2v) is 10.4. The first-order valence-corrected chi connectivity index (χ1v) is 12.8. The molecule has 0 bridgehead atoms. The van der Waals surface area contributed by atoms with E-state index in [1.165, 1.54) is 17.4 Å². The summed E-state index contributed by atoms with van der Waals surface area (Å²) in [4.78, 5) is 17.1. The number of nitrogens with one attached hydrogen (secondary N) is 1. The second kappa shape index (κ2) is 9.94. The minimum absolute atomic E-state index is 0.0735. The van der Waals surface area contributed by atoms with Crippen LogP contribution in [0, 0.1) is 6.92 Å². The van der Waals surface area contributed by atoms with Crippen molar-refractivity contribution in [2.75, 3.05) is 5.32 Å². The number of anilines is 1. The van der Waals surface area contributed by atoms with Gasteiger partial charge in [0.05, 0.1) is 16.3 Å². The highest BCUT2D eigenvalue weighted by Crippen LogP contribution is 2.29. The summed E-state index contributed by atoms with van der Waals surface area (Å²) in [5, 5.41) is 5.58. The van der Waals surface area contributed by atoms with Crippen LogP contribution in [-0.2, 0) is 20.4 Å². The predicted octanol–water partition coefficient (Wildman–Crippen LogP) is 5.74. The van der Waals surface area contributed by atoms with E-state index < -0.39 is 9.84 Å². The molecule has 1 N–H and O–H groups in total. The third kappa shape index (κ3) is 5.83. The highest BCUT2D eigenvalue weighted by molar-refractivity contribution is 7.90. The average Bonchev–Trinajstić information content (AvgIpc) is 3.33. The van der Waals surface area contributed by atoms with Crippen LogP contribution in [0.5, 0.6) is 0 Å². The van der Waals surface area contributed by atoms with Crippen molar-refractivity contribution in [3.8, 4) is 10.6 Å². The van der Waals surface area contributed by atoms with Crippen LogP contribution in [-0.4, -0.2) is 19.3 Å². The van der Waals surface area contributed by atoms with Crippen LogP contribution in [0.25, 0.3) is 16.6 Å². The van der Waals surface area contributed by atoms with Crippen molar-refractivity contribution in [1.82, 2.24) is 4.98 Å². The van der Waals surface area contributed by atoms with Crippen LogP contribution in [0.1, 0.15) is 16.7 Å².